The van der Waals surface area contributed by atoms with E-state index in [1.165, 1.54) is 4.68 Å². The molecule has 6 heteroatoms. The smallest absolute Gasteiger partial charge is 0.273 e. The van der Waals surface area contributed by atoms with Gasteiger partial charge >= 0.3 is 0 Å². The van der Waals surface area contributed by atoms with Gasteiger partial charge in [0.25, 0.3) is 5.56 Å². The highest BCUT2D eigenvalue weighted by Crippen LogP contribution is 2.30. The van der Waals surface area contributed by atoms with E-state index in [2.05, 4.69) is 5.10 Å². The van der Waals surface area contributed by atoms with E-state index in [0.717, 1.165) is 24.1 Å². The monoisotopic (exact) mass is 341 g/mol. The van der Waals surface area contributed by atoms with Crippen LogP contribution < -0.4 is 10.5 Å². The van der Waals surface area contributed by atoms with Gasteiger partial charge in [0.05, 0.1) is 12.3 Å². The van der Waals surface area contributed by atoms with E-state index in [1.54, 1.807) is 18.7 Å². The summed E-state index contributed by atoms with van der Waals surface area (Å²) in [6.07, 6.45) is 1.83. The molecule has 0 spiro atoms. The Balaban J connectivity index is 1.96. The zero-order valence-electron chi connectivity index (χ0n) is 14.8. The number of rotatable bonds is 3. The Morgan fingerprint density at radius 1 is 1.32 bits per heavy atom. The Morgan fingerprint density at radius 2 is 2.04 bits per heavy atom. The van der Waals surface area contributed by atoms with Crippen molar-refractivity contribution >= 4 is 11.6 Å². The fourth-order valence-electron chi connectivity index (χ4n) is 3.40. The topological polar surface area (TPSA) is 75.4 Å². The van der Waals surface area contributed by atoms with E-state index in [-0.39, 0.29) is 25.1 Å². The summed E-state index contributed by atoms with van der Waals surface area (Å²) in [5.74, 6) is -0.165. The molecule has 1 atom stereocenters. The molecular weight excluding hydrogens is 318 g/mol. The zero-order valence-corrected chi connectivity index (χ0v) is 14.8. The van der Waals surface area contributed by atoms with E-state index in [1.807, 2.05) is 31.2 Å². The second-order valence-electron chi connectivity index (χ2n) is 6.59. The number of nitrogens with zero attached hydrogens (tertiary/aromatic N) is 3. The maximum absolute atomic E-state index is 13.0. The van der Waals surface area contributed by atoms with Crippen molar-refractivity contribution < 1.29 is 9.90 Å². The van der Waals surface area contributed by atoms with Crippen LogP contribution in [0.4, 0.5) is 5.69 Å². The molecule has 0 radical (unpaired) electrons. The lowest BCUT2D eigenvalue weighted by Gasteiger charge is -2.35. The van der Waals surface area contributed by atoms with Crippen molar-refractivity contribution in [1.82, 2.24) is 9.78 Å². The van der Waals surface area contributed by atoms with Crippen molar-refractivity contribution in [3.8, 4) is 0 Å². The van der Waals surface area contributed by atoms with Crippen molar-refractivity contribution in [2.45, 2.75) is 52.8 Å². The molecule has 3 rings (SSSR count). The summed E-state index contributed by atoms with van der Waals surface area (Å²) in [5.41, 5.74) is 3.26. The summed E-state index contributed by atoms with van der Waals surface area (Å²) in [6.45, 7) is 5.05. The zero-order chi connectivity index (χ0) is 18.1. The van der Waals surface area contributed by atoms with Crippen LogP contribution in [0.5, 0.6) is 0 Å². The lowest BCUT2D eigenvalue weighted by molar-refractivity contribution is -0.120. The van der Waals surface area contributed by atoms with E-state index in [9.17, 15) is 14.7 Å². The first-order chi connectivity index (χ1) is 11.9. The van der Waals surface area contributed by atoms with Crippen LogP contribution >= 0.6 is 0 Å². The quantitative estimate of drug-likeness (QED) is 0.922. The minimum absolute atomic E-state index is 0.0713. The van der Waals surface area contributed by atoms with Crippen molar-refractivity contribution in [3.63, 3.8) is 0 Å². The molecule has 0 saturated carbocycles. The molecule has 25 heavy (non-hydrogen) atoms. The molecule has 0 fully saturated rings. The van der Waals surface area contributed by atoms with Gasteiger partial charge in [0.1, 0.15) is 6.54 Å². The van der Waals surface area contributed by atoms with Crippen LogP contribution in [0.1, 0.15) is 35.7 Å². The first-order valence-electron chi connectivity index (χ1n) is 8.52. The Kier molecular flexibility index (Phi) is 4.72. The average Bonchev–Trinajstić information content (AvgIpc) is 2.60. The van der Waals surface area contributed by atoms with E-state index < -0.39 is 5.56 Å². The number of aromatic nitrogens is 2. The molecule has 1 N–H and O–H groups in total. The number of fused-ring (bicyclic) bond motifs is 1. The predicted molar refractivity (Wildman–Crippen MR) is 95.6 cm³/mol. The molecule has 1 aromatic carbocycles. The first-order valence-corrected chi connectivity index (χ1v) is 8.52. The number of para-hydroxylation sites is 1. The van der Waals surface area contributed by atoms with Gasteiger partial charge in [0.15, 0.2) is 0 Å². The number of hydrogen-bond acceptors (Lipinski definition) is 4. The third kappa shape index (κ3) is 3.09. The third-order valence-electron chi connectivity index (χ3n) is 4.99. The summed E-state index contributed by atoms with van der Waals surface area (Å²) >= 11 is 0. The second-order valence-corrected chi connectivity index (χ2v) is 6.59. The number of amides is 1. The van der Waals surface area contributed by atoms with Gasteiger partial charge < -0.3 is 10.0 Å². The van der Waals surface area contributed by atoms with Crippen LogP contribution in [0.2, 0.25) is 0 Å². The van der Waals surface area contributed by atoms with Crippen molar-refractivity contribution in [3.05, 3.63) is 57.0 Å². The van der Waals surface area contributed by atoms with Gasteiger partial charge in [0, 0.05) is 17.3 Å². The highest BCUT2D eigenvalue weighted by molar-refractivity contribution is 5.95. The largest absolute Gasteiger partial charge is 0.391 e. The number of aliphatic hydroxyl groups is 1. The fraction of sp³-hybridized carbons (Fsp3) is 0.421. The second kappa shape index (κ2) is 6.80. The Labute approximate surface area is 146 Å². The summed E-state index contributed by atoms with van der Waals surface area (Å²) in [4.78, 5) is 27.2. The van der Waals surface area contributed by atoms with Gasteiger partial charge in [-0.1, -0.05) is 18.2 Å². The highest BCUT2D eigenvalue weighted by Gasteiger charge is 2.28. The molecule has 0 unspecified atom stereocenters. The molecule has 132 valence electrons. The molecular formula is C19H23N3O3. The third-order valence-corrected chi connectivity index (χ3v) is 4.99. The molecule has 1 amide bonds. The van der Waals surface area contributed by atoms with Crippen molar-refractivity contribution in [2.24, 2.45) is 0 Å². The van der Waals surface area contributed by atoms with Crippen LogP contribution in [-0.4, -0.2) is 26.8 Å². The van der Waals surface area contributed by atoms with Gasteiger partial charge in [-0.15, -0.1) is 0 Å². The van der Waals surface area contributed by atoms with Gasteiger partial charge in [-0.3, -0.25) is 9.59 Å². The summed E-state index contributed by atoms with van der Waals surface area (Å²) in [7, 11) is 0. The highest BCUT2D eigenvalue weighted by atomic mass is 16.3. The van der Waals surface area contributed by atoms with Gasteiger partial charge in [0.2, 0.25) is 5.91 Å². The Morgan fingerprint density at radius 3 is 2.76 bits per heavy atom. The minimum atomic E-state index is -0.406. The van der Waals surface area contributed by atoms with Gasteiger partial charge in [-0.05, 0) is 50.8 Å². The van der Waals surface area contributed by atoms with Crippen molar-refractivity contribution in [1.29, 1.82) is 0 Å². The van der Waals surface area contributed by atoms with Crippen molar-refractivity contribution in [2.75, 3.05) is 4.90 Å². The number of carbonyl (C=O) groups is 1. The molecule has 0 aliphatic carbocycles. The summed E-state index contributed by atoms with van der Waals surface area (Å²) in [5, 5.41) is 13.7. The lowest BCUT2D eigenvalue weighted by Crippen LogP contribution is -2.45. The molecule has 1 aromatic heterocycles. The molecule has 0 saturated heterocycles. The molecule has 0 bridgehead atoms. The fourth-order valence-corrected chi connectivity index (χ4v) is 3.40. The van der Waals surface area contributed by atoms with Gasteiger partial charge in [-0.25, -0.2) is 4.68 Å². The van der Waals surface area contributed by atoms with Crippen LogP contribution in [0, 0.1) is 13.8 Å². The number of aryl methyl sites for hydroxylation is 2. The molecule has 6 nitrogen and oxygen atoms in total. The average molecular weight is 341 g/mol. The Bertz CT molecular complexity index is 873. The first kappa shape index (κ1) is 17.4. The van der Waals surface area contributed by atoms with Crippen LogP contribution in [0.15, 0.2) is 29.1 Å². The van der Waals surface area contributed by atoms with E-state index in [4.69, 9.17) is 0 Å². The number of carbonyl (C=O) groups excluding carboxylic acids is 1. The minimum Gasteiger partial charge on any atom is -0.391 e. The summed E-state index contributed by atoms with van der Waals surface area (Å²) in [6, 6.07) is 7.94. The van der Waals surface area contributed by atoms with E-state index in [0.29, 0.717) is 16.8 Å². The molecule has 2 aromatic rings. The number of aliphatic hydroxyl groups excluding tert-OH is 1. The number of benzene rings is 1. The normalized spacial score (nSPS) is 16.6. The van der Waals surface area contributed by atoms with Crippen LogP contribution in [0.25, 0.3) is 0 Å². The molecule has 1 aliphatic heterocycles. The standard InChI is InChI=1S/C19H23N3O3/c1-12-8-9-15-6-4-5-7-17(15)22(12)18(24)10-21-19(25)16(11-23)13(2)14(3)20-21/h4-7,12,23H,8-11H2,1-3H3/t12-/m1/s1. The number of anilines is 1. The van der Waals surface area contributed by atoms with Crippen LogP contribution in [0.3, 0.4) is 0 Å². The maximum atomic E-state index is 13.0. The molecule has 1 aliphatic rings. The lowest BCUT2D eigenvalue weighted by atomic mass is 9.96. The summed E-state index contributed by atoms with van der Waals surface area (Å²) < 4.78 is 1.17. The maximum Gasteiger partial charge on any atom is 0.273 e. The predicted octanol–water partition coefficient (Wildman–Crippen LogP) is 1.72. The van der Waals surface area contributed by atoms with E-state index >= 15 is 0 Å². The Hall–Kier alpha value is -2.47. The SMILES string of the molecule is Cc1nn(CC(=O)N2c3ccccc3CC[C@H]2C)c(=O)c(CO)c1C. The van der Waals surface area contributed by atoms with Crippen LogP contribution in [-0.2, 0) is 24.4 Å². The molecule has 2 heterocycles. The number of hydrogen-bond donors (Lipinski definition) is 1. The van der Waals surface area contributed by atoms with Gasteiger partial charge in [-0.2, -0.15) is 5.10 Å².